The first-order chi connectivity index (χ1) is 12.5. The lowest BCUT2D eigenvalue weighted by Gasteiger charge is -2.19. The van der Waals surface area contributed by atoms with Crippen molar-refractivity contribution in [3.05, 3.63) is 53.6 Å². The van der Waals surface area contributed by atoms with Crippen molar-refractivity contribution < 1.29 is 28.6 Å². The van der Waals surface area contributed by atoms with Gasteiger partial charge < -0.3 is 25.3 Å². The second kappa shape index (κ2) is 7.56. The molecule has 1 aliphatic rings. The monoisotopic (exact) mass is 356 g/mol. The van der Waals surface area contributed by atoms with E-state index in [9.17, 15) is 14.4 Å². The zero-order valence-corrected chi connectivity index (χ0v) is 13.7. The van der Waals surface area contributed by atoms with Crippen LogP contribution in [-0.4, -0.2) is 37.6 Å². The quantitative estimate of drug-likeness (QED) is 0.781. The maximum atomic E-state index is 11.9. The summed E-state index contributed by atoms with van der Waals surface area (Å²) >= 11 is 0. The molecule has 0 saturated heterocycles. The molecule has 0 aromatic heterocycles. The first kappa shape index (κ1) is 17.3. The highest BCUT2D eigenvalue weighted by molar-refractivity contribution is 5.97. The molecule has 0 atom stereocenters. The van der Waals surface area contributed by atoms with E-state index >= 15 is 0 Å². The minimum atomic E-state index is -0.682. The van der Waals surface area contributed by atoms with E-state index in [1.165, 1.54) is 24.3 Å². The zero-order chi connectivity index (χ0) is 18.5. The predicted octanol–water partition coefficient (Wildman–Crippen LogP) is 1.35. The lowest BCUT2D eigenvalue weighted by molar-refractivity contribution is -0.119. The van der Waals surface area contributed by atoms with Crippen LogP contribution in [0.5, 0.6) is 11.5 Å². The van der Waals surface area contributed by atoms with E-state index in [1.54, 1.807) is 18.2 Å². The van der Waals surface area contributed by atoms with Crippen molar-refractivity contribution in [2.24, 2.45) is 5.73 Å². The van der Waals surface area contributed by atoms with Gasteiger partial charge in [-0.2, -0.15) is 0 Å². The highest BCUT2D eigenvalue weighted by atomic mass is 16.6. The van der Waals surface area contributed by atoms with Crippen LogP contribution >= 0.6 is 0 Å². The number of primary amides is 1. The fourth-order valence-electron chi connectivity index (χ4n) is 2.30. The molecule has 0 aliphatic carbocycles. The summed E-state index contributed by atoms with van der Waals surface area (Å²) in [6.45, 7) is 0.469. The Morgan fingerprint density at radius 1 is 0.962 bits per heavy atom. The summed E-state index contributed by atoms with van der Waals surface area (Å²) in [7, 11) is 0. The normalized spacial score (nSPS) is 12.2. The minimum absolute atomic E-state index is 0.210. The number of esters is 1. The molecule has 1 aliphatic heterocycles. The predicted molar refractivity (Wildman–Crippen MR) is 91.3 cm³/mol. The number of nitrogens with one attached hydrogen (secondary N) is 1. The Kier molecular flexibility index (Phi) is 5.02. The smallest absolute Gasteiger partial charge is 0.338 e. The fraction of sp³-hybridized carbons (Fsp3) is 0.167. The maximum absolute atomic E-state index is 11.9. The number of hydrogen-bond donors (Lipinski definition) is 2. The van der Waals surface area contributed by atoms with Crippen molar-refractivity contribution in [1.82, 2.24) is 0 Å². The van der Waals surface area contributed by atoms with Crippen molar-refractivity contribution in [3.8, 4) is 11.5 Å². The van der Waals surface area contributed by atoms with Crippen LogP contribution in [0.15, 0.2) is 42.5 Å². The van der Waals surface area contributed by atoms with Gasteiger partial charge in [0.15, 0.2) is 18.1 Å². The molecular weight excluding hydrogens is 340 g/mol. The third kappa shape index (κ3) is 4.10. The van der Waals surface area contributed by atoms with E-state index in [2.05, 4.69) is 5.32 Å². The molecule has 0 fully saturated rings. The second-order valence-electron chi connectivity index (χ2n) is 5.42. The molecule has 3 N–H and O–H groups in total. The Bertz CT molecular complexity index is 847. The van der Waals surface area contributed by atoms with E-state index in [0.717, 1.165) is 0 Å². The molecule has 0 radical (unpaired) electrons. The van der Waals surface area contributed by atoms with Gasteiger partial charge in [-0.3, -0.25) is 9.59 Å². The molecule has 0 bridgehead atoms. The average Bonchev–Trinajstić information content (AvgIpc) is 2.66. The van der Waals surface area contributed by atoms with E-state index in [0.29, 0.717) is 30.4 Å². The van der Waals surface area contributed by atoms with E-state index < -0.39 is 24.4 Å². The number of nitrogens with two attached hydrogens (primary N) is 1. The van der Waals surface area contributed by atoms with Crippen molar-refractivity contribution >= 4 is 23.5 Å². The molecule has 26 heavy (non-hydrogen) atoms. The minimum Gasteiger partial charge on any atom is -0.486 e. The molecule has 2 aromatic carbocycles. The number of amides is 2. The molecule has 134 valence electrons. The van der Waals surface area contributed by atoms with Gasteiger partial charge in [-0.1, -0.05) is 0 Å². The van der Waals surface area contributed by atoms with Crippen LogP contribution in [0.2, 0.25) is 0 Å². The van der Waals surface area contributed by atoms with Gasteiger partial charge in [0.25, 0.3) is 5.91 Å². The summed E-state index contributed by atoms with van der Waals surface area (Å²) in [5.41, 5.74) is 6.12. The largest absolute Gasteiger partial charge is 0.486 e. The highest BCUT2D eigenvalue weighted by Gasteiger charge is 2.14. The topological polar surface area (TPSA) is 117 Å². The maximum Gasteiger partial charge on any atom is 0.338 e. The first-order valence-corrected chi connectivity index (χ1v) is 7.79. The van der Waals surface area contributed by atoms with Crippen LogP contribution in [0.4, 0.5) is 5.69 Å². The van der Waals surface area contributed by atoms with Crippen molar-refractivity contribution in [2.75, 3.05) is 25.1 Å². The number of carbonyl (C=O) groups excluding carboxylic acids is 3. The summed E-state index contributed by atoms with van der Waals surface area (Å²) < 4.78 is 15.8. The molecule has 3 rings (SSSR count). The Labute approximate surface area is 148 Å². The fourth-order valence-corrected chi connectivity index (χ4v) is 2.30. The molecule has 0 unspecified atom stereocenters. The Morgan fingerprint density at radius 2 is 1.62 bits per heavy atom. The lowest BCUT2D eigenvalue weighted by atomic mass is 10.1. The van der Waals surface area contributed by atoms with Gasteiger partial charge in [-0.25, -0.2) is 4.79 Å². The van der Waals surface area contributed by atoms with Crippen LogP contribution in [-0.2, 0) is 9.53 Å². The van der Waals surface area contributed by atoms with Crippen LogP contribution in [0, 0.1) is 0 Å². The molecule has 8 heteroatoms. The summed E-state index contributed by atoms with van der Waals surface area (Å²) in [6, 6.07) is 10.6. The number of fused-ring (bicyclic) bond motifs is 1. The molecule has 8 nitrogen and oxygen atoms in total. The standard InChI is InChI=1S/C18H16N2O6/c19-17(22)11-1-3-12(4-2-11)18(23)26-10-16(21)20-13-5-6-14-15(9-13)25-8-7-24-14/h1-6,9H,7-8,10H2,(H2,19,22)(H,20,21). The van der Waals surface area contributed by atoms with Gasteiger partial charge in [-0.15, -0.1) is 0 Å². The van der Waals surface area contributed by atoms with Gasteiger partial charge in [0.1, 0.15) is 13.2 Å². The number of ether oxygens (including phenoxy) is 3. The Balaban J connectivity index is 1.53. The molecule has 0 saturated carbocycles. The van der Waals surface area contributed by atoms with Gasteiger partial charge >= 0.3 is 5.97 Å². The van der Waals surface area contributed by atoms with Gasteiger partial charge in [0.2, 0.25) is 5.91 Å². The number of anilines is 1. The first-order valence-electron chi connectivity index (χ1n) is 7.79. The van der Waals surface area contributed by atoms with Crippen molar-refractivity contribution in [2.45, 2.75) is 0 Å². The van der Waals surface area contributed by atoms with E-state index in [1.807, 2.05) is 0 Å². The van der Waals surface area contributed by atoms with Crippen LogP contribution in [0.3, 0.4) is 0 Å². The lowest BCUT2D eigenvalue weighted by Crippen LogP contribution is -2.21. The molecule has 2 amide bonds. The van der Waals surface area contributed by atoms with Gasteiger partial charge in [0, 0.05) is 17.3 Å². The Morgan fingerprint density at radius 3 is 2.31 bits per heavy atom. The number of hydrogen-bond acceptors (Lipinski definition) is 6. The van der Waals surface area contributed by atoms with Crippen LogP contribution in [0.25, 0.3) is 0 Å². The third-order valence-corrected chi connectivity index (χ3v) is 3.57. The number of benzene rings is 2. The van der Waals surface area contributed by atoms with Crippen molar-refractivity contribution in [1.29, 1.82) is 0 Å². The third-order valence-electron chi connectivity index (χ3n) is 3.57. The summed E-state index contributed by atoms with van der Waals surface area (Å²) in [5.74, 6) is -0.619. The zero-order valence-electron chi connectivity index (χ0n) is 13.7. The van der Waals surface area contributed by atoms with Crippen molar-refractivity contribution in [3.63, 3.8) is 0 Å². The Hall–Kier alpha value is -3.55. The molecule has 1 heterocycles. The molecule has 0 spiro atoms. The molecule has 2 aromatic rings. The van der Waals surface area contributed by atoms with E-state index in [4.69, 9.17) is 19.9 Å². The SMILES string of the molecule is NC(=O)c1ccc(C(=O)OCC(=O)Nc2ccc3c(c2)OCCO3)cc1. The van der Waals surface area contributed by atoms with Crippen LogP contribution in [0.1, 0.15) is 20.7 Å². The van der Waals surface area contributed by atoms with Gasteiger partial charge in [-0.05, 0) is 36.4 Å². The summed E-state index contributed by atoms with van der Waals surface area (Å²) in [4.78, 5) is 34.9. The average molecular weight is 356 g/mol. The van der Waals surface area contributed by atoms with Gasteiger partial charge in [0.05, 0.1) is 5.56 Å². The second-order valence-corrected chi connectivity index (χ2v) is 5.42. The van der Waals surface area contributed by atoms with E-state index in [-0.39, 0.29) is 11.1 Å². The molecular formula is C18H16N2O6. The highest BCUT2D eigenvalue weighted by Crippen LogP contribution is 2.32. The summed E-state index contributed by atoms with van der Waals surface area (Å²) in [6.07, 6.45) is 0. The number of carbonyl (C=O) groups is 3. The summed E-state index contributed by atoms with van der Waals surface area (Å²) in [5, 5.41) is 2.61. The number of rotatable bonds is 5. The van der Waals surface area contributed by atoms with Crippen LogP contribution < -0.4 is 20.5 Å².